The molecule has 1 aliphatic heterocycles. The van der Waals surface area contributed by atoms with Gasteiger partial charge in [0.2, 0.25) is 0 Å². The molecule has 1 N–H and O–H groups in total. The summed E-state index contributed by atoms with van der Waals surface area (Å²) >= 11 is 0. The quantitative estimate of drug-likeness (QED) is 0.945. The summed E-state index contributed by atoms with van der Waals surface area (Å²) in [4.78, 5) is 2.47. The van der Waals surface area contributed by atoms with Gasteiger partial charge in [0.1, 0.15) is 5.82 Å². The van der Waals surface area contributed by atoms with E-state index in [1.807, 2.05) is 11.6 Å². The van der Waals surface area contributed by atoms with Crippen molar-refractivity contribution in [1.82, 2.24) is 20.0 Å². The van der Waals surface area contributed by atoms with Crippen LogP contribution in [0.3, 0.4) is 0 Å². The number of rotatable bonds is 3. The number of halogens is 1. The lowest BCUT2D eigenvalue weighted by molar-refractivity contribution is 0.199. The van der Waals surface area contributed by atoms with Gasteiger partial charge in [-0.3, -0.25) is 4.90 Å². The predicted molar refractivity (Wildman–Crippen MR) is 85.7 cm³/mol. The third kappa shape index (κ3) is 3.05. The Labute approximate surface area is 130 Å². The lowest BCUT2D eigenvalue weighted by Crippen LogP contribution is -2.48. The molecule has 1 saturated heterocycles. The normalized spacial score (nSPS) is 19.5. The minimum Gasteiger partial charge on any atom is -0.312 e. The largest absolute Gasteiger partial charge is 0.312 e. The number of hydrogen-bond donors (Lipinski definition) is 1. The molecular weight excluding hydrogens is 279 g/mol. The zero-order valence-corrected chi connectivity index (χ0v) is 13.4. The van der Waals surface area contributed by atoms with Gasteiger partial charge < -0.3 is 5.32 Å². The molecule has 1 fully saturated rings. The van der Waals surface area contributed by atoms with Crippen molar-refractivity contribution in [1.29, 1.82) is 0 Å². The van der Waals surface area contributed by atoms with Crippen LogP contribution in [0.4, 0.5) is 4.39 Å². The van der Waals surface area contributed by atoms with Crippen LogP contribution in [0.5, 0.6) is 0 Å². The maximum atomic E-state index is 13.1. The molecule has 0 radical (unpaired) electrons. The molecule has 5 heteroatoms. The Morgan fingerprint density at radius 3 is 2.68 bits per heavy atom. The van der Waals surface area contributed by atoms with Gasteiger partial charge in [0.05, 0.1) is 11.4 Å². The van der Waals surface area contributed by atoms with Gasteiger partial charge in [0.15, 0.2) is 0 Å². The van der Waals surface area contributed by atoms with Crippen molar-refractivity contribution in [3.63, 3.8) is 0 Å². The molecule has 4 nitrogen and oxygen atoms in total. The lowest BCUT2D eigenvalue weighted by atomic mass is 10.1. The predicted octanol–water partition coefficient (Wildman–Crippen LogP) is 2.42. The second kappa shape index (κ2) is 6.18. The van der Waals surface area contributed by atoms with Crippen molar-refractivity contribution in [3.05, 3.63) is 47.0 Å². The van der Waals surface area contributed by atoms with E-state index in [0.29, 0.717) is 6.04 Å². The van der Waals surface area contributed by atoms with Crippen molar-refractivity contribution in [3.8, 4) is 5.69 Å². The SMILES string of the molecule is Cc1nn(-c2ccc(F)cc2)c(C)c1CN1CCNC(C)C1. The Hall–Kier alpha value is -1.72. The molecule has 1 unspecified atom stereocenters. The topological polar surface area (TPSA) is 33.1 Å². The first-order valence-electron chi connectivity index (χ1n) is 7.81. The standard InChI is InChI=1S/C17H23FN4/c1-12-10-21(9-8-19-12)11-17-13(2)20-22(14(17)3)16-6-4-15(18)5-7-16/h4-7,12,19H,8-11H2,1-3H3. The van der Waals surface area contributed by atoms with Gasteiger partial charge in [-0.05, 0) is 45.0 Å². The average molecular weight is 302 g/mol. The van der Waals surface area contributed by atoms with Gasteiger partial charge in [0.25, 0.3) is 0 Å². The Kier molecular flexibility index (Phi) is 4.27. The summed E-state index contributed by atoms with van der Waals surface area (Å²) in [6, 6.07) is 7.02. The Bertz CT molecular complexity index is 647. The second-order valence-electron chi connectivity index (χ2n) is 6.13. The lowest BCUT2D eigenvalue weighted by Gasteiger charge is -2.31. The molecule has 0 amide bonds. The molecule has 0 spiro atoms. The number of aryl methyl sites for hydroxylation is 1. The van der Waals surface area contributed by atoms with Crippen LogP contribution in [0.25, 0.3) is 5.69 Å². The van der Waals surface area contributed by atoms with E-state index in [1.165, 1.54) is 17.7 Å². The third-order valence-electron chi connectivity index (χ3n) is 4.35. The van der Waals surface area contributed by atoms with E-state index in [1.54, 1.807) is 12.1 Å². The van der Waals surface area contributed by atoms with Crippen LogP contribution in [0.1, 0.15) is 23.9 Å². The maximum absolute atomic E-state index is 13.1. The van der Waals surface area contributed by atoms with Crippen LogP contribution in [-0.4, -0.2) is 40.4 Å². The third-order valence-corrected chi connectivity index (χ3v) is 4.35. The van der Waals surface area contributed by atoms with E-state index in [-0.39, 0.29) is 5.82 Å². The molecule has 118 valence electrons. The minimum absolute atomic E-state index is 0.222. The smallest absolute Gasteiger partial charge is 0.123 e. The molecule has 0 saturated carbocycles. The molecule has 2 aromatic rings. The number of piperazine rings is 1. The van der Waals surface area contributed by atoms with E-state index in [4.69, 9.17) is 0 Å². The first-order valence-corrected chi connectivity index (χ1v) is 7.81. The van der Waals surface area contributed by atoms with Crippen LogP contribution in [0.2, 0.25) is 0 Å². The molecule has 22 heavy (non-hydrogen) atoms. The van der Waals surface area contributed by atoms with Crippen molar-refractivity contribution < 1.29 is 4.39 Å². The minimum atomic E-state index is -0.222. The fourth-order valence-electron chi connectivity index (χ4n) is 3.12. The van der Waals surface area contributed by atoms with Crippen LogP contribution in [-0.2, 0) is 6.54 Å². The summed E-state index contributed by atoms with van der Waals surface area (Å²) in [5, 5.41) is 8.11. The molecular formula is C17H23FN4. The number of hydrogen-bond acceptors (Lipinski definition) is 3. The van der Waals surface area contributed by atoms with E-state index >= 15 is 0 Å². The Morgan fingerprint density at radius 1 is 1.27 bits per heavy atom. The number of nitrogens with zero attached hydrogens (tertiary/aromatic N) is 3. The maximum Gasteiger partial charge on any atom is 0.123 e. The van der Waals surface area contributed by atoms with E-state index < -0.39 is 0 Å². The van der Waals surface area contributed by atoms with Gasteiger partial charge in [-0.2, -0.15) is 5.10 Å². The van der Waals surface area contributed by atoms with Crippen LogP contribution >= 0.6 is 0 Å². The van der Waals surface area contributed by atoms with Crippen molar-refractivity contribution in [2.75, 3.05) is 19.6 Å². The highest BCUT2D eigenvalue weighted by atomic mass is 19.1. The molecule has 1 aromatic heterocycles. The highest BCUT2D eigenvalue weighted by Crippen LogP contribution is 2.20. The molecule has 0 bridgehead atoms. The van der Waals surface area contributed by atoms with Gasteiger partial charge >= 0.3 is 0 Å². The van der Waals surface area contributed by atoms with Gasteiger partial charge in [-0.1, -0.05) is 0 Å². The molecule has 1 atom stereocenters. The number of benzene rings is 1. The highest BCUT2D eigenvalue weighted by molar-refractivity contribution is 5.37. The first-order chi connectivity index (χ1) is 10.5. The molecule has 2 heterocycles. The molecule has 3 rings (SSSR count). The van der Waals surface area contributed by atoms with Crippen LogP contribution in [0.15, 0.2) is 24.3 Å². The summed E-state index contributed by atoms with van der Waals surface area (Å²) in [5.74, 6) is -0.222. The molecule has 0 aliphatic carbocycles. The summed E-state index contributed by atoms with van der Waals surface area (Å²) < 4.78 is 15.0. The van der Waals surface area contributed by atoms with Crippen molar-refractivity contribution in [2.24, 2.45) is 0 Å². The first kappa shape index (κ1) is 15.2. The summed E-state index contributed by atoms with van der Waals surface area (Å²) in [6.07, 6.45) is 0. The van der Waals surface area contributed by atoms with E-state index in [2.05, 4.69) is 29.2 Å². The number of aromatic nitrogens is 2. The summed E-state index contributed by atoms with van der Waals surface area (Å²) in [7, 11) is 0. The molecule has 1 aromatic carbocycles. The van der Waals surface area contributed by atoms with Crippen LogP contribution < -0.4 is 5.32 Å². The average Bonchev–Trinajstić information content (AvgIpc) is 2.76. The Balaban J connectivity index is 1.85. The molecule has 1 aliphatic rings. The van der Waals surface area contributed by atoms with E-state index in [0.717, 1.165) is 43.3 Å². The van der Waals surface area contributed by atoms with Crippen molar-refractivity contribution >= 4 is 0 Å². The van der Waals surface area contributed by atoms with Gasteiger partial charge in [0, 0.05) is 43.5 Å². The van der Waals surface area contributed by atoms with E-state index in [9.17, 15) is 4.39 Å². The summed E-state index contributed by atoms with van der Waals surface area (Å²) in [5.41, 5.74) is 4.36. The van der Waals surface area contributed by atoms with Gasteiger partial charge in [-0.15, -0.1) is 0 Å². The zero-order valence-electron chi connectivity index (χ0n) is 13.4. The fourth-order valence-corrected chi connectivity index (χ4v) is 3.12. The monoisotopic (exact) mass is 302 g/mol. The Morgan fingerprint density at radius 2 is 2.00 bits per heavy atom. The zero-order chi connectivity index (χ0) is 15.7. The highest BCUT2D eigenvalue weighted by Gasteiger charge is 2.20. The second-order valence-corrected chi connectivity index (χ2v) is 6.13. The van der Waals surface area contributed by atoms with Crippen molar-refractivity contribution in [2.45, 2.75) is 33.4 Å². The number of nitrogens with one attached hydrogen (secondary N) is 1. The van der Waals surface area contributed by atoms with Gasteiger partial charge in [-0.25, -0.2) is 9.07 Å². The van der Waals surface area contributed by atoms with Crippen LogP contribution in [0, 0.1) is 19.7 Å². The summed E-state index contributed by atoms with van der Waals surface area (Å²) in [6.45, 7) is 10.4. The fraction of sp³-hybridized carbons (Fsp3) is 0.471.